The number of aromatic nitrogens is 2. The summed E-state index contributed by atoms with van der Waals surface area (Å²) >= 11 is 0. The average molecular weight is 249 g/mol. The molecule has 1 heterocycles. The van der Waals surface area contributed by atoms with Crippen LogP contribution in [0.1, 0.15) is 12.8 Å². The number of carbonyl (C=O) groups is 2. The molecule has 0 unspecified atom stereocenters. The molecule has 0 bridgehead atoms. The second kappa shape index (κ2) is 5.03. The lowest BCUT2D eigenvalue weighted by Gasteiger charge is -2.23. The molecule has 0 fully saturated rings. The largest absolute Gasteiger partial charge is 0.481 e. The molecule has 1 aliphatic carbocycles. The summed E-state index contributed by atoms with van der Waals surface area (Å²) in [6.45, 7) is 0. The zero-order valence-corrected chi connectivity index (χ0v) is 10.0. The van der Waals surface area contributed by atoms with E-state index >= 15 is 0 Å². The summed E-state index contributed by atoms with van der Waals surface area (Å²) in [5, 5.41) is 15.8. The number of nitrogens with zero attached hydrogens (tertiary/aromatic N) is 2. The molecular formula is C12H15N3O3. The highest BCUT2D eigenvalue weighted by Gasteiger charge is 2.34. The highest BCUT2D eigenvalue weighted by molar-refractivity contribution is 5.94. The van der Waals surface area contributed by atoms with E-state index in [0.717, 1.165) is 0 Å². The van der Waals surface area contributed by atoms with Gasteiger partial charge in [0.05, 0.1) is 11.8 Å². The van der Waals surface area contributed by atoms with Crippen LogP contribution in [0.4, 0.5) is 5.82 Å². The van der Waals surface area contributed by atoms with Crippen molar-refractivity contribution in [2.24, 2.45) is 18.9 Å². The number of hydrogen-bond acceptors (Lipinski definition) is 3. The molecule has 1 aliphatic rings. The van der Waals surface area contributed by atoms with Crippen molar-refractivity contribution in [1.29, 1.82) is 0 Å². The van der Waals surface area contributed by atoms with Crippen LogP contribution in [0, 0.1) is 11.8 Å². The first-order valence-electron chi connectivity index (χ1n) is 5.76. The van der Waals surface area contributed by atoms with Gasteiger partial charge in [0, 0.05) is 19.3 Å². The monoisotopic (exact) mass is 249 g/mol. The molecule has 1 amide bonds. The molecule has 6 nitrogen and oxygen atoms in total. The van der Waals surface area contributed by atoms with Crippen molar-refractivity contribution in [3.63, 3.8) is 0 Å². The Labute approximate surface area is 104 Å². The maximum absolute atomic E-state index is 12.0. The minimum atomic E-state index is -0.930. The molecule has 2 N–H and O–H groups in total. The molecule has 18 heavy (non-hydrogen) atoms. The zero-order valence-electron chi connectivity index (χ0n) is 10.0. The van der Waals surface area contributed by atoms with Gasteiger partial charge < -0.3 is 10.4 Å². The second-order valence-electron chi connectivity index (χ2n) is 4.36. The van der Waals surface area contributed by atoms with E-state index in [1.165, 1.54) is 0 Å². The van der Waals surface area contributed by atoms with Crippen LogP contribution in [0.5, 0.6) is 0 Å². The summed E-state index contributed by atoms with van der Waals surface area (Å²) < 4.78 is 1.57. The summed E-state index contributed by atoms with van der Waals surface area (Å²) in [6, 6.07) is 1.67. The molecule has 0 spiro atoms. The molecule has 0 aromatic carbocycles. The summed E-state index contributed by atoms with van der Waals surface area (Å²) in [5.41, 5.74) is 0. The normalized spacial score (nSPS) is 22.7. The van der Waals surface area contributed by atoms with E-state index in [1.54, 1.807) is 24.0 Å². The van der Waals surface area contributed by atoms with E-state index in [0.29, 0.717) is 18.7 Å². The van der Waals surface area contributed by atoms with Gasteiger partial charge in [-0.3, -0.25) is 14.3 Å². The van der Waals surface area contributed by atoms with Crippen LogP contribution < -0.4 is 5.32 Å². The molecule has 1 aromatic rings. The minimum Gasteiger partial charge on any atom is -0.481 e. The Morgan fingerprint density at radius 2 is 2.06 bits per heavy atom. The van der Waals surface area contributed by atoms with Crippen LogP contribution in [0.25, 0.3) is 0 Å². The van der Waals surface area contributed by atoms with Gasteiger partial charge in [-0.2, -0.15) is 5.10 Å². The van der Waals surface area contributed by atoms with Gasteiger partial charge in [-0.15, -0.1) is 0 Å². The number of carboxylic acid groups (broad SMARTS) is 1. The zero-order chi connectivity index (χ0) is 13.1. The van der Waals surface area contributed by atoms with Gasteiger partial charge in [-0.05, 0) is 12.8 Å². The fourth-order valence-electron chi connectivity index (χ4n) is 2.08. The molecule has 0 aliphatic heterocycles. The first-order valence-corrected chi connectivity index (χ1v) is 5.76. The van der Waals surface area contributed by atoms with E-state index in [4.69, 9.17) is 5.11 Å². The van der Waals surface area contributed by atoms with E-state index in [2.05, 4.69) is 10.4 Å². The number of aryl methyl sites for hydroxylation is 1. The third-order valence-electron chi connectivity index (χ3n) is 3.05. The predicted molar refractivity (Wildman–Crippen MR) is 64.8 cm³/mol. The highest BCUT2D eigenvalue weighted by Crippen LogP contribution is 2.26. The van der Waals surface area contributed by atoms with Crippen molar-refractivity contribution in [2.45, 2.75) is 12.8 Å². The average Bonchev–Trinajstić information content (AvgIpc) is 2.74. The SMILES string of the molecule is Cn1ccc(NC(=O)[C@H]2CC=CC[C@@H]2C(=O)O)n1. The maximum atomic E-state index is 12.0. The summed E-state index contributed by atoms with van der Waals surface area (Å²) in [5.74, 6) is -1.96. The molecule has 0 saturated heterocycles. The summed E-state index contributed by atoms with van der Waals surface area (Å²) in [4.78, 5) is 23.1. The van der Waals surface area contributed by atoms with E-state index in [-0.39, 0.29) is 5.91 Å². The quantitative estimate of drug-likeness (QED) is 0.783. The lowest BCUT2D eigenvalue weighted by Crippen LogP contribution is -2.34. The smallest absolute Gasteiger partial charge is 0.307 e. The van der Waals surface area contributed by atoms with Crippen molar-refractivity contribution >= 4 is 17.7 Å². The lowest BCUT2D eigenvalue weighted by molar-refractivity contribution is -0.146. The van der Waals surface area contributed by atoms with Crippen molar-refractivity contribution in [3.8, 4) is 0 Å². The third-order valence-corrected chi connectivity index (χ3v) is 3.05. The van der Waals surface area contributed by atoms with Crippen LogP contribution in [-0.2, 0) is 16.6 Å². The maximum Gasteiger partial charge on any atom is 0.307 e. The molecule has 2 atom stereocenters. The Balaban J connectivity index is 2.07. The molecule has 6 heteroatoms. The van der Waals surface area contributed by atoms with Gasteiger partial charge in [-0.1, -0.05) is 12.2 Å². The molecule has 0 saturated carbocycles. The predicted octanol–water partition coefficient (Wildman–Crippen LogP) is 1.03. The van der Waals surface area contributed by atoms with Crippen molar-refractivity contribution in [3.05, 3.63) is 24.4 Å². The molecule has 0 radical (unpaired) electrons. The Morgan fingerprint density at radius 3 is 2.61 bits per heavy atom. The van der Waals surface area contributed by atoms with Crippen LogP contribution >= 0.6 is 0 Å². The van der Waals surface area contributed by atoms with Crippen molar-refractivity contribution in [2.75, 3.05) is 5.32 Å². The Morgan fingerprint density at radius 1 is 1.39 bits per heavy atom. The van der Waals surface area contributed by atoms with E-state index < -0.39 is 17.8 Å². The van der Waals surface area contributed by atoms with E-state index in [9.17, 15) is 9.59 Å². The first kappa shape index (κ1) is 12.3. The number of carboxylic acids is 1. The topological polar surface area (TPSA) is 84.2 Å². The Kier molecular flexibility index (Phi) is 3.45. The van der Waals surface area contributed by atoms with Gasteiger partial charge in [0.25, 0.3) is 0 Å². The first-order chi connectivity index (χ1) is 8.58. The third kappa shape index (κ3) is 2.58. The number of carbonyl (C=O) groups excluding carboxylic acids is 1. The standard InChI is InChI=1S/C12H15N3O3/c1-15-7-6-10(14-15)13-11(16)8-4-2-3-5-9(8)12(17)18/h2-3,6-9H,4-5H2,1H3,(H,17,18)(H,13,14,16)/t8-,9-/m0/s1. The number of nitrogens with one attached hydrogen (secondary N) is 1. The Bertz CT molecular complexity index is 493. The van der Waals surface area contributed by atoms with Gasteiger partial charge >= 0.3 is 5.97 Å². The fourth-order valence-corrected chi connectivity index (χ4v) is 2.08. The van der Waals surface area contributed by atoms with Crippen LogP contribution in [0.3, 0.4) is 0 Å². The van der Waals surface area contributed by atoms with Crippen LogP contribution in [-0.4, -0.2) is 26.8 Å². The number of hydrogen-bond donors (Lipinski definition) is 2. The molecular weight excluding hydrogens is 234 g/mol. The molecule has 2 rings (SSSR count). The van der Waals surface area contributed by atoms with Crippen molar-refractivity contribution < 1.29 is 14.7 Å². The molecule has 96 valence electrons. The number of anilines is 1. The number of rotatable bonds is 3. The van der Waals surface area contributed by atoms with Crippen LogP contribution in [0.2, 0.25) is 0 Å². The van der Waals surface area contributed by atoms with Gasteiger partial charge in [-0.25, -0.2) is 0 Å². The van der Waals surface area contributed by atoms with Gasteiger partial charge in [0.15, 0.2) is 5.82 Å². The fraction of sp³-hybridized carbons (Fsp3) is 0.417. The lowest BCUT2D eigenvalue weighted by atomic mass is 9.82. The van der Waals surface area contributed by atoms with E-state index in [1.807, 2.05) is 12.2 Å². The summed E-state index contributed by atoms with van der Waals surface area (Å²) in [7, 11) is 1.75. The number of amides is 1. The minimum absolute atomic E-state index is 0.287. The van der Waals surface area contributed by atoms with Gasteiger partial charge in [0.2, 0.25) is 5.91 Å². The second-order valence-corrected chi connectivity index (χ2v) is 4.36. The van der Waals surface area contributed by atoms with Crippen molar-refractivity contribution in [1.82, 2.24) is 9.78 Å². The Hall–Kier alpha value is -2.11. The number of allylic oxidation sites excluding steroid dienone is 2. The molecule has 1 aromatic heterocycles. The van der Waals surface area contributed by atoms with Crippen LogP contribution in [0.15, 0.2) is 24.4 Å². The summed E-state index contributed by atoms with van der Waals surface area (Å²) in [6.07, 6.45) is 6.22. The van der Waals surface area contributed by atoms with Gasteiger partial charge in [0.1, 0.15) is 0 Å². The number of aliphatic carboxylic acids is 1. The highest BCUT2D eigenvalue weighted by atomic mass is 16.4.